The van der Waals surface area contributed by atoms with Crippen molar-refractivity contribution < 1.29 is 19.2 Å². The minimum absolute atomic E-state index is 0.0312. The SMILES string of the molecule is O=C(O)c1c(-c2ccsc2)noc1NC(=O)C1CC1. The zero-order valence-corrected chi connectivity index (χ0v) is 10.6. The highest BCUT2D eigenvalue weighted by Crippen LogP contribution is 2.33. The Kier molecular flexibility index (Phi) is 2.83. The molecule has 1 aliphatic carbocycles. The molecule has 2 N–H and O–H groups in total. The van der Waals surface area contributed by atoms with Crippen molar-refractivity contribution in [3.05, 3.63) is 22.4 Å². The van der Waals surface area contributed by atoms with Crippen molar-refractivity contribution in [2.45, 2.75) is 12.8 Å². The fraction of sp³-hybridized carbons (Fsp3) is 0.250. The molecular weight excluding hydrogens is 268 g/mol. The van der Waals surface area contributed by atoms with E-state index in [1.807, 2.05) is 5.38 Å². The summed E-state index contributed by atoms with van der Waals surface area (Å²) in [6.07, 6.45) is 1.67. The third-order valence-electron chi connectivity index (χ3n) is 2.89. The summed E-state index contributed by atoms with van der Waals surface area (Å²) < 4.78 is 4.97. The van der Waals surface area contributed by atoms with Crippen LogP contribution in [0.15, 0.2) is 21.3 Å². The summed E-state index contributed by atoms with van der Waals surface area (Å²) in [5.41, 5.74) is 0.797. The van der Waals surface area contributed by atoms with Gasteiger partial charge in [-0.15, -0.1) is 0 Å². The molecule has 7 heteroatoms. The molecule has 0 aliphatic heterocycles. The summed E-state index contributed by atoms with van der Waals surface area (Å²) in [4.78, 5) is 23.0. The van der Waals surface area contributed by atoms with Crippen LogP contribution in [0.3, 0.4) is 0 Å². The molecule has 1 amide bonds. The van der Waals surface area contributed by atoms with Crippen LogP contribution in [0.25, 0.3) is 11.3 Å². The first kappa shape index (κ1) is 11.9. The maximum absolute atomic E-state index is 11.7. The second kappa shape index (κ2) is 4.51. The quantitative estimate of drug-likeness (QED) is 0.896. The largest absolute Gasteiger partial charge is 0.477 e. The van der Waals surface area contributed by atoms with E-state index in [1.165, 1.54) is 11.3 Å². The number of hydrogen-bond donors (Lipinski definition) is 2. The first-order valence-electron chi connectivity index (χ1n) is 5.73. The molecule has 0 aromatic carbocycles. The molecule has 1 fully saturated rings. The van der Waals surface area contributed by atoms with Gasteiger partial charge in [0.15, 0.2) is 5.56 Å². The highest BCUT2D eigenvalue weighted by molar-refractivity contribution is 7.08. The molecule has 2 aromatic rings. The predicted molar refractivity (Wildman–Crippen MR) is 68.1 cm³/mol. The highest BCUT2D eigenvalue weighted by atomic mass is 32.1. The fourth-order valence-electron chi connectivity index (χ4n) is 1.73. The van der Waals surface area contributed by atoms with Gasteiger partial charge in [0.05, 0.1) is 0 Å². The lowest BCUT2D eigenvalue weighted by Gasteiger charge is -2.00. The van der Waals surface area contributed by atoms with E-state index in [2.05, 4.69) is 10.5 Å². The Morgan fingerprint density at radius 1 is 1.47 bits per heavy atom. The van der Waals surface area contributed by atoms with E-state index in [1.54, 1.807) is 11.4 Å². The fourth-order valence-corrected chi connectivity index (χ4v) is 2.37. The van der Waals surface area contributed by atoms with Gasteiger partial charge < -0.3 is 9.63 Å². The van der Waals surface area contributed by atoms with Gasteiger partial charge >= 0.3 is 5.97 Å². The minimum Gasteiger partial charge on any atom is -0.477 e. The lowest BCUT2D eigenvalue weighted by atomic mass is 10.1. The predicted octanol–water partition coefficient (Wildman–Crippen LogP) is 2.45. The van der Waals surface area contributed by atoms with Crippen LogP contribution < -0.4 is 5.32 Å². The van der Waals surface area contributed by atoms with Gasteiger partial charge in [-0.05, 0) is 24.3 Å². The molecule has 1 aliphatic rings. The Morgan fingerprint density at radius 3 is 2.84 bits per heavy atom. The van der Waals surface area contributed by atoms with Crippen molar-refractivity contribution >= 4 is 29.1 Å². The highest BCUT2D eigenvalue weighted by Gasteiger charge is 2.32. The maximum Gasteiger partial charge on any atom is 0.343 e. The molecule has 0 unspecified atom stereocenters. The third-order valence-corrected chi connectivity index (χ3v) is 3.57. The number of amides is 1. The molecule has 0 atom stereocenters. The van der Waals surface area contributed by atoms with Crippen molar-refractivity contribution in [3.8, 4) is 11.3 Å². The van der Waals surface area contributed by atoms with Crippen molar-refractivity contribution in [1.82, 2.24) is 5.16 Å². The number of carboxylic acids is 1. The monoisotopic (exact) mass is 278 g/mol. The van der Waals surface area contributed by atoms with Gasteiger partial charge in [0.25, 0.3) is 0 Å². The number of rotatable bonds is 4. The van der Waals surface area contributed by atoms with Gasteiger partial charge in [0, 0.05) is 16.9 Å². The van der Waals surface area contributed by atoms with Crippen LogP contribution in [0.5, 0.6) is 0 Å². The summed E-state index contributed by atoms with van der Waals surface area (Å²) in [6.45, 7) is 0. The van der Waals surface area contributed by atoms with Gasteiger partial charge in [-0.1, -0.05) is 5.16 Å². The van der Waals surface area contributed by atoms with Crippen molar-refractivity contribution in [2.75, 3.05) is 5.32 Å². The average molecular weight is 278 g/mol. The van der Waals surface area contributed by atoms with Gasteiger partial charge in [0.2, 0.25) is 11.8 Å². The van der Waals surface area contributed by atoms with E-state index in [4.69, 9.17) is 4.52 Å². The number of hydrogen-bond acceptors (Lipinski definition) is 5. The van der Waals surface area contributed by atoms with Crippen molar-refractivity contribution in [2.24, 2.45) is 5.92 Å². The maximum atomic E-state index is 11.7. The number of nitrogens with zero attached hydrogens (tertiary/aromatic N) is 1. The lowest BCUT2D eigenvalue weighted by Crippen LogP contribution is -2.15. The van der Waals surface area contributed by atoms with E-state index in [9.17, 15) is 14.7 Å². The molecule has 6 nitrogen and oxygen atoms in total. The number of nitrogens with one attached hydrogen (secondary N) is 1. The molecule has 3 rings (SSSR count). The van der Waals surface area contributed by atoms with E-state index in [0.29, 0.717) is 5.56 Å². The first-order chi connectivity index (χ1) is 9.16. The molecule has 2 heterocycles. The van der Waals surface area contributed by atoms with Crippen LogP contribution in [0.4, 0.5) is 5.88 Å². The number of carboxylic acid groups (broad SMARTS) is 1. The zero-order valence-electron chi connectivity index (χ0n) is 9.75. The molecule has 0 saturated heterocycles. The Morgan fingerprint density at radius 2 is 2.26 bits per heavy atom. The van der Waals surface area contributed by atoms with Gasteiger partial charge in [0.1, 0.15) is 5.69 Å². The minimum atomic E-state index is -1.17. The molecule has 0 bridgehead atoms. The average Bonchev–Trinajstić information content (AvgIpc) is 2.92. The van der Waals surface area contributed by atoms with E-state index in [-0.39, 0.29) is 29.0 Å². The molecule has 1 saturated carbocycles. The van der Waals surface area contributed by atoms with E-state index in [0.717, 1.165) is 12.8 Å². The number of carbonyl (C=O) groups excluding carboxylic acids is 1. The van der Waals surface area contributed by atoms with Gasteiger partial charge in [-0.3, -0.25) is 10.1 Å². The van der Waals surface area contributed by atoms with Gasteiger partial charge in [-0.2, -0.15) is 11.3 Å². The molecule has 0 radical (unpaired) electrons. The van der Waals surface area contributed by atoms with E-state index < -0.39 is 5.97 Å². The zero-order chi connectivity index (χ0) is 13.4. The van der Waals surface area contributed by atoms with Crippen LogP contribution >= 0.6 is 11.3 Å². The second-order valence-electron chi connectivity index (χ2n) is 4.32. The molecule has 2 aromatic heterocycles. The second-order valence-corrected chi connectivity index (χ2v) is 5.10. The number of aromatic nitrogens is 1. The Balaban J connectivity index is 1.96. The molecule has 19 heavy (non-hydrogen) atoms. The van der Waals surface area contributed by atoms with Crippen LogP contribution in [0.2, 0.25) is 0 Å². The Bertz CT molecular complexity index is 628. The summed E-state index contributed by atoms with van der Waals surface area (Å²) in [5.74, 6) is -1.51. The summed E-state index contributed by atoms with van der Waals surface area (Å²) >= 11 is 1.43. The van der Waals surface area contributed by atoms with Crippen molar-refractivity contribution in [3.63, 3.8) is 0 Å². The molecule has 98 valence electrons. The summed E-state index contributed by atoms with van der Waals surface area (Å²) in [7, 11) is 0. The molecule has 0 spiro atoms. The number of carbonyl (C=O) groups is 2. The Hall–Kier alpha value is -2.15. The van der Waals surface area contributed by atoms with Crippen molar-refractivity contribution in [1.29, 1.82) is 0 Å². The smallest absolute Gasteiger partial charge is 0.343 e. The molecular formula is C12H10N2O4S. The Labute approximate surface area is 112 Å². The van der Waals surface area contributed by atoms with E-state index >= 15 is 0 Å². The van der Waals surface area contributed by atoms with Crippen LogP contribution in [-0.2, 0) is 4.79 Å². The summed E-state index contributed by atoms with van der Waals surface area (Å²) in [5, 5.41) is 19.1. The van der Waals surface area contributed by atoms with Crippen LogP contribution in [0.1, 0.15) is 23.2 Å². The summed E-state index contributed by atoms with van der Waals surface area (Å²) in [6, 6.07) is 1.75. The number of thiophene rings is 1. The topological polar surface area (TPSA) is 92.4 Å². The number of aromatic carboxylic acids is 1. The standard InChI is InChI=1S/C12H10N2O4S/c15-10(6-1-2-6)13-11-8(12(16)17)9(14-18-11)7-3-4-19-5-7/h3-6H,1-2H2,(H,13,15)(H,16,17). The normalized spacial score (nSPS) is 14.3. The van der Waals surface area contributed by atoms with Crippen LogP contribution in [0, 0.1) is 5.92 Å². The lowest BCUT2D eigenvalue weighted by molar-refractivity contribution is -0.117. The van der Waals surface area contributed by atoms with Gasteiger partial charge in [-0.25, -0.2) is 4.79 Å². The first-order valence-corrected chi connectivity index (χ1v) is 6.67. The van der Waals surface area contributed by atoms with Crippen LogP contribution in [-0.4, -0.2) is 22.1 Å². The third kappa shape index (κ3) is 2.24. The number of anilines is 1.